The van der Waals surface area contributed by atoms with Crippen LogP contribution in [0.2, 0.25) is 0 Å². The normalized spacial score (nSPS) is 13.8. The third kappa shape index (κ3) is 13.1. The molecule has 0 aromatic rings. The number of amides is 1. The Morgan fingerprint density at radius 3 is 1.82 bits per heavy atom. The van der Waals surface area contributed by atoms with E-state index in [4.69, 9.17) is 5.73 Å². The molecule has 0 aliphatic carbocycles. The summed E-state index contributed by atoms with van der Waals surface area (Å²) < 4.78 is 0. The molecular formula is C19H40N2O. The first-order chi connectivity index (χ1) is 10.6. The van der Waals surface area contributed by atoms with Crippen molar-refractivity contribution in [2.24, 2.45) is 11.7 Å². The molecule has 0 radical (unpaired) electrons. The van der Waals surface area contributed by atoms with Gasteiger partial charge in [-0.2, -0.15) is 0 Å². The van der Waals surface area contributed by atoms with Gasteiger partial charge in [0.25, 0.3) is 0 Å². The van der Waals surface area contributed by atoms with Crippen LogP contribution in [0.3, 0.4) is 0 Å². The minimum Gasteiger partial charge on any atom is -0.354 e. The summed E-state index contributed by atoms with van der Waals surface area (Å²) in [6.07, 6.45) is 15.8. The first-order valence-corrected chi connectivity index (χ1v) is 9.65. The van der Waals surface area contributed by atoms with Gasteiger partial charge in [0, 0.05) is 6.54 Å². The largest absolute Gasteiger partial charge is 0.354 e. The number of hydrogen-bond donors (Lipinski definition) is 2. The maximum Gasteiger partial charge on any atom is 0.236 e. The van der Waals surface area contributed by atoms with E-state index in [0.717, 1.165) is 6.54 Å². The third-order valence-electron chi connectivity index (χ3n) is 4.41. The van der Waals surface area contributed by atoms with Crippen LogP contribution in [0.15, 0.2) is 0 Å². The van der Waals surface area contributed by atoms with Crippen molar-refractivity contribution in [3.63, 3.8) is 0 Å². The van der Waals surface area contributed by atoms with Gasteiger partial charge < -0.3 is 11.1 Å². The molecule has 0 saturated heterocycles. The van der Waals surface area contributed by atoms with Crippen molar-refractivity contribution in [2.45, 2.75) is 104 Å². The van der Waals surface area contributed by atoms with Gasteiger partial charge in [-0.15, -0.1) is 0 Å². The van der Waals surface area contributed by atoms with Crippen molar-refractivity contribution >= 4 is 5.91 Å². The quantitative estimate of drug-likeness (QED) is 0.427. The number of unbranched alkanes of at least 4 members (excludes halogenated alkanes) is 8. The summed E-state index contributed by atoms with van der Waals surface area (Å²) in [4.78, 5) is 11.6. The van der Waals surface area contributed by atoms with Gasteiger partial charge in [0.1, 0.15) is 0 Å². The van der Waals surface area contributed by atoms with E-state index in [2.05, 4.69) is 19.2 Å². The van der Waals surface area contributed by atoms with E-state index in [9.17, 15) is 4.79 Å². The molecule has 0 heterocycles. The van der Waals surface area contributed by atoms with Gasteiger partial charge in [-0.25, -0.2) is 0 Å². The highest BCUT2D eigenvalue weighted by Gasteiger charge is 2.12. The molecule has 0 aromatic heterocycles. The zero-order chi connectivity index (χ0) is 16.6. The molecular weight excluding hydrogens is 272 g/mol. The van der Waals surface area contributed by atoms with Crippen LogP contribution in [-0.4, -0.2) is 18.5 Å². The van der Waals surface area contributed by atoms with Crippen molar-refractivity contribution in [3.8, 4) is 0 Å². The number of carbonyl (C=O) groups is 1. The first-order valence-electron chi connectivity index (χ1n) is 9.65. The standard InChI is InChI=1S/C19H40N2O/c1-4-6-8-10-11-13-15-18(14-12-9-7-5-2)16-21-19(22)17(3)20/h17-18H,4-16,20H2,1-3H3,(H,21,22). The molecule has 132 valence electrons. The second-order valence-electron chi connectivity index (χ2n) is 6.81. The zero-order valence-electron chi connectivity index (χ0n) is 15.3. The maximum atomic E-state index is 11.6. The van der Waals surface area contributed by atoms with E-state index in [1.807, 2.05) is 0 Å². The van der Waals surface area contributed by atoms with Crippen LogP contribution in [-0.2, 0) is 4.79 Å². The Labute approximate surface area is 138 Å². The molecule has 0 aliphatic rings. The van der Waals surface area contributed by atoms with E-state index in [1.54, 1.807) is 6.92 Å². The predicted octanol–water partition coefficient (Wildman–Crippen LogP) is 4.79. The summed E-state index contributed by atoms with van der Waals surface area (Å²) in [7, 11) is 0. The number of nitrogens with one attached hydrogen (secondary N) is 1. The average Bonchev–Trinajstić information content (AvgIpc) is 2.51. The van der Waals surface area contributed by atoms with E-state index < -0.39 is 6.04 Å². The van der Waals surface area contributed by atoms with Gasteiger partial charge >= 0.3 is 0 Å². The lowest BCUT2D eigenvalue weighted by Crippen LogP contribution is -2.40. The lowest BCUT2D eigenvalue weighted by Gasteiger charge is -2.18. The minimum absolute atomic E-state index is 0.0125. The highest BCUT2D eigenvalue weighted by molar-refractivity contribution is 5.80. The van der Waals surface area contributed by atoms with Crippen LogP contribution >= 0.6 is 0 Å². The molecule has 0 aromatic carbocycles. The smallest absolute Gasteiger partial charge is 0.236 e. The Morgan fingerprint density at radius 1 is 0.864 bits per heavy atom. The summed E-state index contributed by atoms with van der Waals surface area (Å²) in [5, 5.41) is 3.02. The van der Waals surface area contributed by atoms with Gasteiger partial charge in [0.2, 0.25) is 5.91 Å². The van der Waals surface area contributed by atoms with Gasteiger partial charge in [-0.3, -0.25) is 4.79 Å². The second-order valence-corrected chi connectivity index (χ2v) is 6.81. The average molecular weight is 313 g/mol. The number of hydrogen-bond acceptors (Lipinski definition) is 2. The summed E-state index contributed by atoms with van der Waals surface area (Å²) >= 11 is 0. The number of nitrogens with two attached hydrogens (primary N) is 1. The SMILES string of the molecule is CCCCCCCCC(CCCCCC)CNC(=O)C(C)N. The van der Waals surface area contributed by atoms with Gasteiger partial charge in [0.05, 0.1) is 6.04 Å². The molecule has 3 heteroatoms. The molecule has 0 aliphatic heterocycles. The fourth-order valence-electron chi connectivity index (χ4n) is 2.83. The number of carbonyl (C=O) groups excluding carboxylic acids is 1. The fourth-order valence-corrected chi connectivity index (χ4v) is 2.83. The summed E-state index contributed by atoms with van der Waals surface area (Å²) in [5.41, 5.74) is 5.62. The molecule has 2 atom stereocenters. The second kappa shape index (κ2) is 15.3. The van der Waals surface area contributed by atoms with E-state index in [0.29, 0.717) is 5.92 Å². The Morgan fingerprint density at radius 2 is 1.32 bits per heavy atom. The summed E-state index contributed by atoms with van der Waals surface area (Å²) in [6.45, 7) is 7.06. The highest BCUT2D eigenvalue weighted by Crippen LogP contribution is 2.18. The van der Waals surface area contributed by atoms with Crippen LogP contribution in [0.4, 0.5) is 0 Å². The summed E-state index contributed by atoms with van der Waals surface area (Å²) in [5.74, 6) is 0.618. The third-order valence-corrected chi connectivity index (χ3v) is 4.41. The van der Waals surface area contributed by atoms with Gasteiger partial charge in [-0.1, -0.05) is 78.1 Å². The molecule has 22 heavy (non-hydrogen) atoms. The summed E-state index contributed by atoms with van der Waals surface area (Å²) in [6, 6.07) is -0.394. The lowest BCUT2D eigenvalue weighted by molar-refractivity contribution is -0.122. The monoisotopic (exact) mass is 312 g/mol. The van der Waals surface area contributed by atoms with Crippen LogP contribution in [0.5, 0.6) is 0 Å². The minimum atomic E-state index is -0.394. The molecule has 0 fully saturated rings. The highest BCUT2D eigenvalue weighted by atomic mass is 16.2. The van der Waals surface area contributed by atoms with Crippen LogP contribution in [0.25, 0.3) is 0 Å². The van der Waals surface area contributed by atoms with Crippen LogP contribution in [0.1, 0.15) is 97.8 Å². The first kappa shape index (κ1) is 21.4. The lowest BCUT2D eigenvalue weighted by atomic mass is 9.94. The molecule has 0 bridgehead atoms. The topological polar surface area (TPSA) is 55.1 Å². The maximum absolute atomic E-state index is 11.6. The van der Waals surface area contributed by atoms with Gasteiger partial charge in [0.15, 0.2) is 0 Å². The Bertz CT molecular complexity index is 254. The molecule has 3 N–H and O–H groups in total. The van der Waals surface area contributed by atoms with Crippen molar-refractivity contribution in [1.82, 2.24) is 5.32 Å². The van der Waals surface area contributed by atoms with Crippen LogP contribution in [0, 0.1) is 5.92 Å². The van der Waals surface area contributed by atoms with Gasteiger partial charge in [-0.05, 0) is 25.7 Å². The van der Waals surface area contributed by atoms with E-state index in [1.165, 1.54) is 77.0 Å². The fraction of sp³-hybridized carbons (Fsp3) is 0.947. The zero-order valence-corrected chi connectivity index (χ0v) is 15.3. The molecule has 3 nitrogen and oxygen atoms in total. The Balaban J connectivity index is 3.91. The Hall–Kier alpha value is -0.570. The predicted molar refractivity (Wildman–Crippen MR) is 96.9 cm³/mol. The molecule has 1 amide bonds. The van der Waals surface area contributed by atoms with Crippen LogP contribution < -0.4 is 11.1 Å². The Kier molecular flexibility index (Phi) is 14.9. The van der Waals surface area contributed by atoms with E-state index >= 15 is 0 Å². The van der Waals surface area contributed by atoms with Crippen molar-refractivity contribution in [1.29, 1.82) is 0 Å². The molecule has 0 spiro atoms. The van der Waals surface area contributed by atoms with Crippen molar-refractivity contribution in [3.05, 3.63) is 0 Å². The molecule has 0 rings (SSSR count). The molecule has 2 unspecified atom stereocenters. The molecule has 0 saturated carbocycles. The number of rotatable bonds is 15. The van der Waals surface area contributed by atoms with Crippen molar-refractivity contribution < 1.29 is 4.79 Å². The van der Waals surface area contributed by atoms with E-state index in [-0.39, 0.29) is 5.91 Å². The van der Waals surface area contributed by atoms with Crippen molar-refractivity contribution in [2.75, 3.05) is 6.54 Å².